The molecule has 3 heteroatoms. The maximum atomic E-state index is 14.5. The van der Waals surface area contributed by atoms with E-state index >= 15 is 0 Å². The van der Waals surface area contributed by atoms with E-state index in [1.165, 1.54) is 24.6 Å². The van der Waals surface area contributed by atoms with Crippen LogP contribution >= 0.6 is 0 Å². The Morgan fingerprint density at radius 3 is 2.42 bits per heavy atom. The van der Waals surface area contributed by atoms with Crippen LogP contribution in [0.25, 0.3) is 11.1 Å². The topological polar surface area (TPSA) is 22.1 Å². The van der Waals surface area contributed by atoms with E-state index in [1.54, 1.807) is 7.11 Å². The van der Waals surface area contributed by atoms with Crippen LogP contribution in [0.2, 0.25) is 0 Å². The molecule has 1 aromatic heterocycles. The number of aromatic nitrogens is 1. The molecule has 1 saturated carbocycles. The van der Waals surface area contributed by atoms with Crippen molar-refractivity contribution >= 4 is 0 Å². The van der Waals surface area contributed by atoms with Crippen molar-refractivity contribution in [2.24, 2.45) is 0 Å². The molecular formula is C21H26FNO. The maximum Gasteiger partial charge on any atom is 0.130 e. The predicted molar refractivity (Wildman–Crippen MR) is 96.2 cm³/mol. The lowest BCUT2D eigenvalue weighted by atomic mass is 9.84. The van der Waals surface area contributed by atoms with Crippen molar-refractivity contribution < 1.29 is 9.13 Å². The van der Waals surface area contributed by atoms with Gasteiger partial charge in [-0.05, 0) is 42.4 Å². The van der Waals surface area contributed by atoms with Gasteiger partial charge in [0.1, 0.15) is 11.6 Å². The van der Waals surface area contributed by atoms with E-state index in [9.17, 15) is 4.39 Å². The van der Waals surface area contributed by atoms with Gasteiger partial charge in [-0.2, -0.15) is 0 Å². The van der Waals surface area contributed by atoms with Crippen molar-refractivity contribution in [3.63, 3.8) is 0 Å². The van der Waals surface area contributed by atoms with Gasteiger partial charge in [0.05, 0.1) is 7.11 Å². The van der Waals surface area contributed by atoms with E-state index < -0.39 is 0 Å². The highest BCUT2D eigenvalue weighted by Gasteiger charge is 2.27. The highest BCUT2D eigenvalue weighted by molar-refractivity contribution is 5.74. The van der Waals surface area contributed by atoms with Gasteiger partial charge < -0.3 is 4.74 Å². The quantitative estimate of drug-likeness (QED) is 0.725. The zero-order valence-electron chi connectivity index (χ0n) is 15.2. The highest BCUT2D eigenvalue weighted by Crippen LogP contribution is 2.42. The Bertz CT molecular complexity index is 757. The zero-order valence-corrected chi connectivity index (χ0v) is 15.2. The lowest BCUT2D eigenvalue weighted by Crippen LogP contribution is -2.14. The number of benzene rings is 1. The minimum atomic E-state index is -0.265. The largest absolute Gasteiger partial charge is 0.496 e. The number of hydrogen-bond donors (Lipinski definition) is 0. The average molecular weight is 327 g/mol. The molecule has 2 nitrogen and oxygen atoms in total. The van der Waals surface area contributed by atoms with Crippen LogP contribution < -0.4 is 4.74 Å². The first-order chi connectivity index (χ1) is 11.3. The van der Waals surface area contributed by atoms with Gasteiger partial charge in [-0.25, -0.2) is 4.39 Å². The number of methoxy groups -OCH3 is 1. The first-order valence-corrected chi connectivity index (χ1v) is 8.73. The van der Waals surface area contributed by atoms with E-state index in [4.69, 9.17) is 9.72 Å². The molecule has 1 heterocycles. The third kappa shape index (κ3) is 3.17. The summed E-state index contributed by atoms with van der Waals surface area (Å²) in [5, 5.41) is 0. The molecule has 1 aromatic carbocycles. The van der Waals surface area contributed by atoms with Crippen LogP contribution in [0.1, 0.15) is 63.4 Å². The summed E-state index contributed by atoms with van der Waals surface area (Å²) in [6, 6.07) is 7.68. The van der Waals surface area contributed by atoms with Gasteiger partial charge >= 0.3 is 0 Å². The van der Waals surface area contributed by atoms with E-state index in [2.05, 4.69) is 19.1 Å². The van der Waals surface area contributed by atoms with Crippen LogP contribution in [-0.2, 0) is 11.8 Å². The molecule has 0 spiro atoms. The molecule has 0 N–H and O–H groups in total. The van der Waals surface area contributed by atoms with Crippen molar-refractivity contribution in [1.82, 2.24) is 4.98 Å². The Kier molecular flexibility index (Phi) is 4.37. The zero-order chi connectivity index (χ0) is 17.5. The second kappa shape index (κ2) is 6.19. The average Bonchev–Trinajstić information content (AvgIpc) is 3.37. The van der Waals surface area contributed by atoms with Crippen LogP contribution in [0.4, 0.5) is 4.39 Å². The number of ether oxygens (including phenoxy) is 1. The molecule has 0 saturated heterocycles. The van der Waals surface area contributed by atoms with Crippen LogP contribution in [0.3, 0.4) is 0 Å². The van der Waals surface area contributed by atoms with E-state index in [-0.39, 0.29) is 11.2 Å². The molecule has 1 aliphatic rings. The Balaban J connectivity index is 2.17. The molecule has 128 valence electrons. The summed E-state index contributed by atoms with van der Waals surface area (Å²) >= 11 is 0. The number of halogens is 1. The van der Waals surface area contributed by atoms with Gasteiger partial charge in [-0.3, -0.25) is 4.98 Å². The molecular weight excluding hydrogens is 301 g/mol. The summed E-state index contributed by atoms with van der Waals surface area (Å²) in [4.78, 5) is 4.87. The van der Waals surface area contributed by atoms with Gasteiger partial charge in [0.15, 0.2) is 0 Å². The molecule has 0 aliphatic heterocycles. The third-order valence-corrected chi connectivity index (χ3v) is 4.71. The van der Waals surface area contributed by atoms with Crippen molar-refractivity contribution in [3.05, 3.63) is 47.0 Å². The predicted octanol–water partition coefficient (Wildman–Crippen LogP) is 5.63. The van der Waals surface area contributed by atoms with E-state index in [0.717, 1.165) is 23.2 Å². The first-order valence-electron chi connectivity index (χ1n) is 8.73. The molecule has 0 bridgehead atoms. The smallest absolute Gasteiger partial charge is 0.130 e. The van der Waals surface area contributed by atoms with Crippen molar-refractivity contribution in [3.8, 4) is 16.9 Å². The Labute approximate surface area is 144 Å². The van der Waals surface area contributed by atoms with Crippen LogP contribution in [-0.4, -0.2) is 12.1 Å². The maximum absolute atomic E-state index is 14.5. The fourth-order valence-corrected chi connectivity index (χ4v) is 3.15. The molecule has 3 rings (SSSR count). The Hall–Kier alpha value is -1.90. The van der Waals surface area contributed by atoms with Crippen LogP contribution in [0, 0.1) is 5.82 Å². The van der Waals surface area contributed by atoms with Crippen molar-refractivity contribution in [1.29, 1.82) is 0 Å². The Morgan fingerprint density at radius 1 is 1.17 bits per heavy atom. The summed E-state index contributed by atoms with van der Waals surface area (Å²) in [6.07, 6.45) is 3.33. The van der Waals surface area contributed by atoms with Crippen LogP contribution in [0.5, 0.6) is 5.75 Å². The van der Waals surface area contributed by atoms with Gasteiger partial charge in [-0.1, -0.05) is 33.8 Å². The number of pyridine rings is 1. The molecule has 0 unspecified atom stereocenters. The van der Waals surface area contributed by atoms with E-state index in [1.807, 2.05) is 26.8 Å². The molecule has 0 amide bonds. The van der Waals surface area contributed by atoms with Crippen molar-refractivity contribution in [2.75, 3.05) is 7.11 Å². The third-order valence-electron chi connectivity index (χ3n) is 4.71. The lowest BCUT2D eigenvalue weighted by Gasteiger charge is -2.23. The second-order valence-corrected chi connectivity index (χ2v) is 7.64. The number of hydrogen-bond acceptors (Lipinski definition) is 2. The SMILES string of the molecule is CCc1nc(C2CC2)ccc1-c1cc(C(C)(C)C)c(F)cc1OC. The summed E-state index contributed by atoms with van der Waals surface area (Å²) in [6.45, 7) is 8.19. The highest BCUT2D eigenvalue weighted by atomic mass is 19.1. The monoisotopic (exact) mass is 327 g/mol. The van der Waals surface area contributed by atoms with Crippen LogP contribution in [0.15, 0.2) is 24.3 Å². The summed E-state index contributed by atoms with van der Waals surface area (Å²) in [7, 11) is 1.59. The molecule has 1 aliphatic carbocycles. The fourth-order valence-electron chi connectivity index (χ4n) is 3.15. The van der Waals surface area contributed by atoms with Gasteiger partial charge in [-0.15, -0.1) is 0 Å². The summed E-state index contributed by atoms with van der Waals surface area (Å²) < 4.78 is 20.0. The van der Waals surface area contributed by atoms with Crippen molar-refractivity contribution in [2.45, 2.75) is 58.3 Å². The van der Waals surface area contributed by atoms with E-state index in [0.29, 0.717) is 17.2 Å². The minimum absolute atomic E-state index is 0.219. The molecule has 1 fully saturated rings. The molecule has 0 atom stereocenters. The molecule has 24 heavy (non-hydrogen) atoms. The van der Waals surface area contributed by atoms with Gasteiger partial charge in [0, 0.05) is 34.5 Å². The number of nitrogens with zero attached hydrogens (tertiary/aromatic N) is 1. The van der Waals surface area contributed by atoms with Gasteiger partial charge in [0.2, 0.25) is 0 Å². The fraction of sp³-hybridized carbons (Fsp3) is 0.476. The number of aryl methyl sites for hydroxylation is 1. The number of rotatable bonds is 4. The first kappa shape index (κ1) is 16.9. The lowest BCUT2D eigenvalue weighted by molar-refractivity contribution is 0.410. The summed E-state index contributed by atoms with van der Waals surface area (Å²) in [5.74, 6) is 0.976. The Morgan fingerprint density at radius 2 is 1.88 bits per heavy atom. The molecule has 0 radical (unpaired) electrons. The normalized spacial score (nSPS) is 14.8. The standard InChI is InChI=1S/C21H26FNO/c1-6-18-14(9-10-19(23-18)13-7-8-13)15-11-16(21(2,3)4)17(22)12-20(15)24-5/h9-13H,6-8H2,1-5H3. The summed E-state index contributed by atoms with van der Waals surface area (Å²) in [5.41, 5.74) is 4.65. The second-order valence-electron chi connectivity index (χ2n) is 7.64. The van der Waals surface area contributed by atoms with Gasteiger partial charge in [0.25, 0.3) is 0 Å². The minimum Gasteiger partial charge on any atom is -0.496 e. The molecule has 2 aromatic rings.